The Hall–Kier alpha value is -2.09. The molecule has 13 heteroatoms. The van der Waals surface area contributed by atoms with E-state index in [1.165, 1.54) is 6.92 Å². The molecule has 32 heavy (non-hydrogen) atoms. The van der Waals surface area contributed by atoms with Crippen molar-refractivity contribution in [2.24, 2.45) is 0 Å². The van der Waals surface area contributed by atoms with Crippen molar-refractivity contribution in [2.75, 3.05) is 5.32 Å². The number of carboxylic acid groups (broad SMARTS) is 2. The van der Waals surface area contributed by atoms with Crippen molar-refractivity contribution >= 4 is 99.1 Å². The van der Waals surface area contributed by atoms with Crippen molar-refractivity contribution in [1.82, 2.24) is 4.90 Å². The lowest BCUT2D eigenvalue weighted by atomic mass is 10.1. The highest BCUT2D eigenvalue weighted by Crippen LogP contribution is 2.45. The minimum absolute atomic E-state index is 0.0673. The van der Waals surface area contributed by atoms with Gasteiger partial charge in [0, 0.05) is 23.6 Å². The molecule has 0 spiro atoms. The summed E-state index contributed by atoms with van der Waals surface area (Å²) in [6.45, 7) is 1.32. The minimum atomic E-state index is -1.39. The van der Waals surface area contributed by atoms with Gasteiger partial charge >= 0.3 is 11.9 Å². The summed E-state index contributed by atoms with van der Waals surface area (Å²) in [5.41, 5.74) is -0.675. The van der Waals surface area contributed by atoms with Crippen LogP contribution in [-0.2, 0) is 4.79 Å². The number of amides is 3. The molecule has 2 aromatic carbocycles. The molecule has 0 saturated carbocycles. The third kappa shape index (κ3) is 4.14. The normalized spacial score (nSPS) is 13.7. The van der Waals surface area contributed by atoms with Crippen LogP contribution in [0, 0.1) is 0 Å². The first-order valence-electron chi connectivity index (χ1n) is 8.53. The van der Waals surface area contributed by atoms with Crippen LogP contribution in [0.15, 0.2) is 36.1 Å². The third-order valence-corrected chi connectivity index (χ3v) is 9.36. The molecule has 0 radical (unpaired) electrons. The zero-order valence-corrected chi connectivity index (χ0v) is 22.0. The number of carbonyl (C=O) groups excluding carboxylic acids is 3. The number of benzene rings is 2. The number of rotatable bonds is 5. The van der Waals surface area contributed by atoms with Gasteiger partial charge in [0.15, 0.2) is 0 Å². The molecule has 2 aromatic rings. The molecule has 0 saturated heterocycles. The molecule has 166 valence electrons. The van der Waals surface area contributed by atoms with E-state index in [1.807, 2.05) is 0 Å². The molecular formula is C19H10Br4N2O7. The summed E-state index contributed by atoms with van der Waals surface area (Å²) in [5, 5.41) is 20.7. The van der Waals surface area contributed by atoms with Gasteiger partial charge in [-0.2, -0.15) is 0 Å². The van der Waals surface area contributed by atoms with Crippen LogP contribution in [0.4, 0.5) is 5.69 Å². The predicted molar refractivity (Wildman–Crippen MR) is 126 cm³/mol. The van der Waals surface area contributed by atoms with Gasteiger partial charge in [0.1, 0.15) is 6.04 Å². The molecule has 1 unspecified atom stereocenters. The molecule has 0 fully saturated rings. The van der Waals surface area contributed by atoms with E-state index < -0.39 is 35.7 Å². The van der Waals surface area contributed by atoms with Crippen LogP contribution in [-0.4, -0.2) is 50.8 Å². The summed E-state index contributed by atoms with van der Waals surface area (Å²) < 4.78 is 1.65. The molecule has 0 aliphatic carbocycles. The maximum atomic E-state index is 13.0. The van der Waals surface area contributed by atoms with Crippen molar-refractivity contribution in [3.8, 4) is 0 Å². The average molecular weight is 698 g/mol. The Labute approximate surface area is 213 Å². The Morgan fingerprint density at radius 3 is 1.59 bits per heavy atom. The van der Waals surface area contributed by atoms with Crippen molar-refractivity contribution in [1.29, 1.82) is 0 Å². The summed E-state index contributed by atoms with van der Waals surface area (Å²) in [4.78, 5) is 62.1. The molecule has 3 amide bonds. The standard InChI is InChI=1S/C19H10Br4N2O7/c1-5(15(26)24-8-3-6(18(29)30)2-7(4-8)19(31)32)25-16(27)9-10(17(25)28)12(21)14(23)13(22)11(9)20/h2-5H,1H3,(H,24,26)(H,29,30)(H,31,32). The number of hydrogen-bond donors (Lipinski definition) is 3. The highest BCUT2D eigenvalue weighted by atomic mass is 79.9. The van der Waals surface area contributed by atoms with Crippen LogP contribution in [0.5, 0.6) is 0 Å². The Kier molecular flexibility index (Phi) is 6.94. The quantitative estimate of drug-likeness (QED) is 0.233. The molecule has 3 N–H and O–H groups in total. The van der Waals surface area contributed by atoms with Gasteiger partial charge in [0.2, 0.25) is 5.91 Å². The van der Waals surface area contributed by atoms with Gasteiger partial charge in [-0.15, -0.1) is 0 Å². The fourth-order valence-corrected chi connectivity index (χ4v) is 5.49. The highest BCUT2D eigenvalue weighted by Gasteiger charge is 2.44. The number of anilines is 1. The van der Waals surface area contributed by atoms with Crippen LogP contribution in [0.3, 0.4) is 0 Å². The summed E-state index contributed by atoms with van der Waals surface area (Å²) in [6, 6.07) is 1.80. The van der Waals surface area contributed by atoms with Gasteiger partial charge in [-0.3, -0.25) is 19.3 Å². The largest absolute Gasteiger partial charge is 0.478 e. The second kappa shape index (κ2) is 9.04. The van der Waals surface area contributed by atoms with E-state index in [1.54, 1.807) is 0 Å². The summed E-state index contributed by atoms with van der Waals surface area (Å²) in [7, 11) is 0. The lowest BCUT2D eigenvalue weighted by molar-refractivity contribution is -0.119. The fraction of sp³-hybridized carbons (Fsp3) is 0.105. The van der Waals surface area contributed by atoms with Crippen LogP contribution >= 0.6 is 63.7 Å². The van der Waals surface area contributed by atoms with Crippen molar-refractivity contribution in [3.05, 3.63) is 58.3 Å². The number of hydrogen-bond acceptors (Lipinski definition) is 5. The van der Waals surface area contributed by atoms with E-state index in [-0.39, 0.29) is 27.9 Å². The first kappa shape index (κ1) is 24.6. The van der Waals surface area contributed by atoms with Gasteiger partial charge < -0.3 is 15.5 Å². The van der Waals surface area contributed by atoms with Gasteiger partial charge in [0.05, 0.1) is 22.3 Å². The molecule has 1 aliphatic heterocycles. The molecule has 0 aromatic heterocycles. The van der Waals surface area contributed by atoms with E-state index in [0.29, 0.717) is 17.9 Å². The first-order valence-corrected chi connectivity index (χ1v) is 11.7. The van der Waals surface area contributed by atoms with Crippen molar-refractivity contribution < 1.29 is 34.2 Å². The monoisotopic (exact) mass is 694 g/mol. The predicted octanol–water partition coefficient (Wildman–Crippen LogP) is 4.76. The van der Waals surface area contributed by atoms with Crippen LogP contribution in [0.1, 0.15) is 48.4 Å². The minimum Gasteiger partial charge on any atom is -0.478 e. The van der Waals surface area contributed by atoms with Crippen LogP contribution in [0.25, 0.3) is 0 Å². The zero-order valence-electron chi connectivity index (χ0n) is 15.7. The topological polar surface area (TPSA) is 141 Å². The maximum Gasteiger partial charge on any atom is 0.335 e. The Bertz CT molecular complexity index is 1170. The lowest BCUT2D eigenvalue weighted by Gasteiger charge is -2.22. The Balaban J connectivity index is 1.95. The van der Waals surface area contributed by atoms with Gasteiger partial charge in [-0.05, 0) is 88.8 Å². The first-order chi connectivity index (χ1) is 14.9. The fourth-order valence-electron chi connectivity index (χ4n) is 3.03. The van der Waals surface area contributed by atoms with Crippen LogP contribution in [0.2, 0.25) is 0 Å². The number of imide groups is 1. The van der Waals surface area contributed by atoms with Crippen molar-refractivity contribution in [2.45, 2.75) is 13.0 Å². The highest BCUT2D eigenvalue weighted by molar-refractivity contribution is 9.15. The maximum absolute atomic E-state index is 13.0. The van der Waals surface area contributed by atoms with E-state index in [9.17, 15) is 34.2 Å². The zero-order chi connectivity index (χ0) is 24.1. The Morgan fingerprint density at radius 2 is 1.22 bits per heavy atom. The molecule has 1 heterocycles. The number of carboxylic acids is 2. The second-order valence-corrected chi connectivity index (χ2v) is 9.73. The van der Waals surface area contributed by atoms with E-state index >= 15 is 0 Å². The number of carbonyl (C=O) groups is 5. The second-order valence-electron chi connectivity index (χ2n) is 6.56. The molecular weight excluding hydrogens is 688 g/mol. The summed E-state index contributed by atoms with van der Waals surface area (Å²) >= 11 is 13.2. The van der Waals surface area contributed by atoms with Gasteiger partial charge in [0.25, 0.3) is 11.8 Å². The number of aromatic carboxylic acids is 2. The van der Waals surface area contributed by atoms with E-state index in [4.69, 9.17) is 0 Å². The summed E-state index contributed by atoms with van der Waals surface area (Å²) in [6.07, 6.45) is 0. The lowest BCUT2D eigenvalue weighted by Crippen LogP contribution is -2.45. The SMILES string of the molecule is CC(C(=O)Nc1cc(C(=O)O)cc(C(=O)O)c1)N1C(=O)c2c(Br)c(Br)c(Br)c(Br)c2C1=O. The summed E-state index contributed by atoms with van der Waals surface area (Å²) in [5.74, 6) is -5.01. The smallest absolute Gasteiger partial charge is 0.335 e. The molecule has 0 bridgehead atoms. The van der Waals surface area contributed by atoms with Gasteiger partial charge in [-0.1, -0.05) is 0 Å². The van der Waals surface area contributed by atoms with E-state index in [2.05, 4.69) is 69.0 Å². The average Bonchev–Trinajstić information content (AvgIpc) is 2.99. The molecule has 9 nitrogen and oxygen atoms in total. The number of halogens is 4. The van der Waals surface area contributed by atoms with Gasteiger partial charge in [-0.25, -0.2) is 9.59 Å². The molecule has 1 atom stereocenters. The molecule has 3 rings (SSSR count). The van der Waals surface area contributed by atoms with Crippen molar-refractivity contribution in [3.63, 3.8) is 0 Å². The van der Waals surface area contributed by atoms with E-state index in [0.717, 1.165) is 23.1 Å². The Morgan fingerprint density at radius 1 is 0.812 bits per heavy atom. The van der Waals surface area contributed by atoms with Crippen LogP contribution < -0.4 is 5.32 Å². The number of nitrogens with one attached hydrogen (secondary N) is 1. The number of nitrogens with zero attached hydrogens (tertiary/aromatic N) is 1. The number of fused-ring (bicyclic) bond motifs is 1. The third-order valence-electron chi connectivity index (χ3n) is 4.59. The molecule has 1 aliphatic rings.